The van der Waals surface area contributed by atoms with Crippen LogP contribution in [0.4, 0.5) is 0 Å². The lowest BCUT2D eigenvalue weighted by Gasteiger charge is -2.25. The third kappa shape index (κ3) is 11.2. The maximum Gasteiger partial charge on any atom is 0.307 e. The number of carbonyl (C=O) groups is 1. The van der Waals surface area contributed by atoms with E-state index in [-0.39, 0.29) is 12.0 Å². The summed E-state index contributed by atoms with van der Waals surface area (Å²) in [5, 5.41) is 9.03. The summed E-state index contributed by atoms with van der Waals surface area (Å²) < 4.78 is 5.54. The van der Waals surface area contributed by atoms with Crippen molar-refractivity contribution in [2.75, 3.05) is 46.9 Å². The molecule has 0 aromatic rings. The Labute approximate surface area is 123 Å². The van der Waals surface area contributed by atoms with Crippen molar-refractivity contribution in [3.63, 3.8) is 0 Å². The average molecular weight is 288 g/mol. The molecule has 5 heteroatoms. The molecule has 0 heterocycles. The van der Waals surface area contributed by atoms with Gasteiger partial charge in [0, 0.05) is 19.7 Å². The SMILES string of the molecule is CC(C)OCCCN(CCCN(C)C)CC(C)C(=O)O. The number of rotatable bonds is 12. The summed E-state index contributed by atoms with van der Waals surface area (Å²) in [6.07, 6.45) is 2.27. The minimum atomic E-state index is -0.721. The van der Waals surface area contributed by atoms with E-state index < -0.39 is 5.97 Å². The lowest BCUT2D eigenvalue weighted by atomic mass is 10.1. The van der Waals surface area contributed by atoms with Gasteiger partial charge >= 0.3 is 5.97 Å². The summed E-state index contributed by atoms with van der Waals surface area (Å²) in [6.45, 7) is 10.1. The minimum absolute atomic E-state index is 0.259. The number of hydrogen-bond donors (Lipinski definition) is 1. The van der Waals surface area contributed by atoms with Gasteiger partial charge in [-0.2, -0.15) is 0 Å². The van der Waals surface area contributed by atoms with Gasteiger partial charge in [0.25, 0.3) is 0 Å². The molecule has 120 valence electrons. The molecule has 0 aliphatic rings. The van der Waals surface area contributed by atoms with Crippen molar-refractivity contribution in [3.05, 3.63) is 0 Å². The fourth-order valence-corrected chi connectivity index (χ4v) is 1.98. The van der Waals surface area contributed by atoms with E-state index >= 15 is 0 Å². The quantitative estimate of drug-likeness (QED) is 0.555. The van der Waals surface area contributed by atoms with E-state index in [1.165, 1.54) is 0 Å². The highest BCUT2D eigenvalue weighted by Crippen LogP contribution is 2.04. The van der Waals surface area contributed by atoms with E-state index in [0.29, 0.717) is 6.54 Å². The predicted molar refractivity (Wildman–Crippen MR) is 82.1 cm³/mol. The summed E-state index contributed by atoms with van der Waals surface area (Å²) in [4.78, 5) is 15.4. The topological polar surface area (TPSA) is 53.0 Å². The number of carboxylic acid groups (broad SMARTS) is 1. The molecule has 0 aromatic carbocycles. The van der Waals surface area contributed by atoms with Gasteiger partial charge in [-0.15, -0.1) is 0 Å². The lowest BCUT2D eigenvalue weighted by Crippen LogP contribution is -2.35. The second-order valence-electron chi connectivity index (χ2n) is 5.97. The number of ether oxygens (including phenoxy) is 1. The zero-order chi connectivity index (χ0) is 15.5. The number of carboxylic acids is 1. The zero-order valence-electron chi connectivity index (χ0n) is 13.8. The second kappa shape index (κ2) is 11.1. The van der Waals surface area contributed by atoms with E-state index in [1.54, 1.807) is 6.92 Å². The summed E-state index contributed by atoms with van der Waals surface area (Å²) in [7, 11) is 4.11. The van der Waals surface area contributed by atoms with Crippen LogP contribution in [0.15, 0.2) is 0 Å². The molecular weight excluding hydrogens is 256 g/mol. The fraction of sp³-hybridized carbons (Fsp3) is 0.933. The molecule has 1 unspecified atom stereocenters. The number of aliphatic carboxylic acids is 1. The van der Waals surface area contributed by atoms with Crippen molar-refractivity contribution in [2.24, 2.45) is 5.92 Å². The molecule has 1 atom stereocenters. The third-order valence-electron chi connectivity index (χ3n) is 3.10. The molecule has 0 rings (SSSR count). The van der Waals surface area contributed by atoms with Crippen LogP contribution in [0.1, 0.15) is 33.6 Å². The van der Waals surface area contributed by atoms with E-state index in [1.807, 2.05) is 13.8 Å². The number of hydrogen-bond acceptors (Lipinski definition) is 4. The molecule has 0 fully saturated rings. The van der Waals surface area contributed by atoms with Gasteiger partial charge in [-0.05, 0) is 53.9 Å². The summed E-state index contributed by atoms with van der Waals surface area (Å²) in [6, 6.07) is 0. The Morgan fingerprint density at radius 3 is 2.20 bits per heavy atom. The van der Waals surface area contributed by atoms with Gasteiger partial charge < -0.3 is 19.6 Å². The van der Waals surface area contributed by atoms with Gasteiger partial charge in [-0.3, -0.25) is 4.79 Å². The Bertz CT molecular complexity index is 258. The highest BCUT2D eigenvalue weighted by molar-refractivity contribution is 5.69. The molecule has 0 bridgehead atoms. The Balaban J connectivity index is 4.06. The zero-order valence-corrected chi connectivity index (χ0v) is 13.8. The second-order valence-corrected chi connectivity index (χ2v) is 5.97. The molecular formula is C15H32N2O3. The number of nitrogens with zero attached hydrogens (tertiary/aromatic N) is 2. The normalized spacial score (nSPS) is 13.4. The molecule has 20 heavy (non-hydrogen) atoms. The molecule has 5 nitrogen and oxygen atoms in total. The Morgan fingerprint density at radius 2 is 1.70 bits per heavy atom. The van der Waals surface area contributed by atoms with E-state index in [4.69, 9.17) is 9.84 Å². The first-order chi connectivity index (χ1) is 9.32. The highest BCUT2D eigenvalue weighted by atomic mass is 16.5. The van der Waals surface area contributed by atoms with Crippen LogP contribution in [-0.2, 0) is 9.53 Å². The van der Waals surface area contributed by atoms with Gasteiger partial charge in [0.1, 0.15) is 0 Å². The van der Waals surface area contributed by atoms with Crippen LogP contribution in [-0.4, -0.2) is 73.9 Å². The first-order valence-electron chi connectivity index (χ1n) is 7.54. The fourth-order valence-electron chi connectivity index (χ4n) is 1.98. The van der Waals surface area contributed by atoms with Crippen LogP contribution in [0.2, 0.25) is 0 Å². The monoisotopic (exact) mass is 288 g/mol. The summed E-state index contributed by atoms with van der Waals surface area (Å²) in [5.74, 6) is -1.04. The van der Waals surface area contributed by atoms with Crippen molar-refractivity contribution >= 4 is 5.97 Å². The van der Waals surface area contributed by atoms with Crippen LogP contribution >= 0.6 is 0 Å². The predicted octanol–water partition coefficient (Wildman–Crippen LogP) is 1.78. The highest BCUT2D eigenvalue weighted by Gasteiger charge is 2.15. The van der Waals surface area contributed by atoms with E-state index in [0.717, 1.165) is 39.1 Å². The van der Waals surface area contributed by atoms with E-state index in [2.05, 4.69) is 23.9 Å². The maximum atomic E-state index is 11.0. The Kier molecular flexibility index (Phi) is 10.7. The minimum Gasteiger partial charge on any atom is -0.481 e. The Hall–Kier alpha value is -0.650. The van der Waals surface area contributed by atoms with E-state index in [9.17, 15) is 4.79 Å². The molecule has 0 spiro atoms. The summed E-state index contributed by atoms with van der Waals surface area (Å²) in [5.41, 5.74) is 0. The maximum absolute atomic E-state index is 11.0. The smallest absolute Gasteiger partial charge is 0.307 e. The molecule has 0 amide bonds. The molecule has 0 saturated heterocycles. The van der Waals surface area contributed by atoms with Crippen molar-refractivity contribution in [3.8, 4) is 0 Å². The van der Waals surface area contributed by atoms with Crippen LogP contribution in [0.25, 0.3) is 0 Å². The van der Waals surface area contributed by atoms with Crippen LogP contribution in [0, 0.1) is 5.92 Å². The van der Waals surface area contributed by atoms with Crippen LogP contribution in [0.5, 0.6) is 0 Å². The van der Waals surface area contributed by atoms with Crippen molar-refractivity contribution in [1.82, 2.24) is 9.80 Å². The van der Waals surface area contributed by atoms with Crippen LogP contribution < -0.4 is 0 Å². The molecule has 1 N–H and O–H groups in total. The summed E-state index contributed by atoms with van der Waals surface area (Å²) >= 11 is 0. The molecule has 0 aliphatic heterocycles. The van der Waals surface area contributed by atoms with Gasteiger partial charge in [-0.25, -0.2) is 0 Å². The first kappa shape index (κ1) is 19.4. The van der Waals surface area contributed by atoms with Gasteiger partial charge in [-0.1, -0.05) is 6.92 Å². The molecule has 0 aromatic heterocycles. The van der Waals surface area contributed by atoms with Gasteiger partial charge in [0.05, 0.1) is 12.0 Å². The molecule has 0 radical (unpaired) electrons. The molecule has 0 saturated carbocycles. The van der Waals surface area contributed by atoms with Crippen molar-refractivity contribution in [1.29, 1.82) is 0 Å². The third-order valence-corrected chi connectivity index (χ3v) is 3.10. The van der Waals surface area contributed by atoms with Crippen LogP contribution in [0.3, 0.4) is 0 Å². The lowest BCUT2D eigenvalue weighted by molar-refractivity contribution is -0.141. The van der Waals surface area contributed by atoms with Gasteiger partial charge in [0.2, 0.25) is 0 Å². The average Bonchev–Trinajstić information content (AvgIpc) is 2.33. The van der Waals surface area contributed by atoms with Gasteiger partial charge in [0.15, 0.2) is 0 Å². The first-order valence-corrected chi connectivity index (χ1v) is 7.54. The Morgan fingerprint density at radius 1 is 1.10 bits per heavy atom. The van der Waals surface area contributed by atoms with Crippen molar-refractivity contribution < 1.29 is 14.6 Å². The molecule has 0 aliphatic carbocycles. The largest absolute Gasteiger partial charge is 0.481 e. The van der Waals surface area contributed by atoms with Crippen molar-refractivity contribution in [2.45, 2.75) is 39.7 Å². The standard InChI is InChI=1S/C15H32N2O3/c1-13(2)20-11-7-10-17(9-6-8-16(4)5)12-14(3)15(18)19/h13-14H,6-12H2,1-5H3,(H,18,19).